The molecule has 4 rings (SSSR count). The lowest BCUT2D eigenvalue weighted by Crippen LogP contribution is -2.28. The summed E-state index contributed by atoms with van der Waals surface area (Å²) in [6.07, 6.45) is 3.43. The number of nitrogens with zero attached hydrogens (tertiary/aromatic N) is 1. The van der Waals surface area contributed by atoms with E-state index in [0.29, 0.717) is 11.3 Å². The highest BCUT2D eigenvalue weighted by Crippen LogP contribution is 2.26. The molecule has 0 unspecified atom stereocenters. The maximum absolute atomic E-state index is 12.9. The van der Waals surface area contributed by atoms with Crippen LogP contribution in [0.2, 0.25) is 0 Å². The van der Waals surface area contributed by atoms with E-state index in [9.17, 15) is 13.2 Å². The molecule has 0 heterocycles. The zero-order chi connectivity index (χ0) is 22.9. The Morgan fingerprint density at radius 3 is 2.28 bits per heavy atom. The van der Waals surface area contributed by atoms with Gasteiger partial charge in [-0.05, 0) is 86.2 Å². The second-order valence-electron chi connectivity index (χ2n) is 8.41. The van der Waals surface area contributed by atoms with Gasteiger partial charge in [-0.25, -0.2) is 8.42 Å². The molecular weight excluding hydrogens is 420 g/mol. The number of fused-ring (bicyclic) bond motifs is 1. The van der Waals surface area contributed by atoms with Gasteiger partial charge in [0.15, 0.2) is 0 Å². The fraction of sp³-hybridized carbons (Fsp3) is 0.269. The number of amides is 1. The van der Waals surface area contributed by atoms with E-state index >= 15 is 0 Å². The first-order chi connectivity index (χ1) is 15.3. The van der Waals surface area contributed by atoms with Gasteiger partial charge in [0, 0.05) is 12.6 Å². The van der Waals surface area contributed by atoms with Gasteiger partial charge in [-0.15, -0.1) is 0 Å². The van der Waals surface area contributed by atoms with Crippen LogP contribution in [0.4, 0.5) is 5.69 Å². The third-order valence-electron chi connectivity index (χ3n) is 6.14. The van der Waals surface area contributed by atoms with Crippen LogP contribution in [-0.4, -0.2) is 21.4 Å². The van der Waals surface area contributed by atoms with Gasteiger partial charge in [0.1, 0.15) is 0 Å². The molecule has 0 aromatic heterocycles. The predicted octanol–water partition coefficient (Wildman–Crippen LogP) is 4.80. The molecule has 0 radical (unpaired) electrons. The van der Waals surface area contributed by atoms with Crippen LogP contribution in [0.1, 0.15) is 52.0 Å². The minimum Gasteiger partial charge on any atom is -0.346 e. The van der Waals surface area contributed by atoms with E-state index in [-0.39, 0.29) is 16.8 Å². The topological polar surface area (TPSA) is 66.5 Å². The predicted molar refractivity (Wildman–Crippen MR) is 128 cm³/mol. The third-order valence-corrected chi connectivity index (χ3v) is 7.94. The van der Waals surface area contributed by atoms with Crippen LogP contribution in [-0.2, 0) is 22.9 Å². The molecule has 3 aromatic rings. The van der Waals surface area contributed by atoms with Gasteiger partial charge in [-0.2, -0.15) is 0 Å². The summed E-state index contributed by atoms with van der Waals surface area (Å²) in [5.41, 5.74) is 5.87. The Morgan fingerprint density at radius 1 is 0.938 bits per heavy atom. The Balaban J connectivity index is 1.45. The number of hydrogen-bond acceptors (Lipinski definition) is 3. The smallest absolute Gasteiger partial charge is 0.264 e. The van der Waals surface area contributed by atoms with Crippen molar-refractivity contribution in [1.82, 2.24) is 5.32 Å². The van der Waals surface area contributed by atoms with Crippen molar-refractivity contribution in [2.24, 2.45) is 0 Å². The van der Waals surface area contributed by atoms with Crippen LogP contribution in [0.3, 0.4) is 0 Å². The number of anilines is 1. The molecule has 0 saturated carbocycles. The summed E-state index contributed by atoms with van der Waals surface area (Å²) in [6.45, 7) is 3.89. The highest BCUT2D eigenvalue weighted by Gasteiger charge is 2.22. The zero-order valence-electron chi connectivity index (χ0n) is 18.6. The molecular formula is C26H28N2O3S. The van der Waals surface area contributed by atoms with Crippen molar-refractivity contribution in [3.8, 4) is 0 Å². The van der Waals surface area contributed by atoms with Crippen LogP contribution in [0.5, 0.6) is 0 Å². The number of sulfonamides is 1. The highest BCUT2D eigenvalue weighted by atomic mass is 32.2. The highest BCUT2D eigenvalue weighted by molar-refractivity contribution is 7.92. The molecule has 1 amide bonds. The largest absolute Gasteiger partial charge is 0.346 e. The summed E-state index contributed by atoms with van der Waals surface area (Å²) in [7, 11) is -2.16. The molecule has 1 atom stereocenters. The number of carbonyl (C=O) groups excluding carboxylic acids is 1. The van der Waals surface area contributed by atoms with E-state index in [4.69, 9.17) is 0 Å². The molecule has 0 bridgehead atoms. The van der Waals surface area contributed by atoms with Crippen molar-refractivity contribution in [2.75, 3.05) is 11.4 Å². The Morgan fingerprint density at radius 2 is 1.59 bits per heavy atom. The van der Waals surface area contributed by atoms with E-state index in [1.165, 1.54) is 28.9 Å². The molecule has 0 saturated heterocycles. The number of nitrogens with one attached hydrogen (secondary N) is 1. The molecule has 1 aliphatic carbocycles. The number of rotatable bonds is 6. The van der Waals surface area contributed by atoms with E-state index in [1.54, 1.807) is 48.5 Å². The number of aryl methyl sites for hydroxylation is 3. The van der Waals surface area contributed by atoms with Crippen molar-refractivity contribution in [3.05, 3.63) is 94.5 Å². The minimum absolute atomic E-state index is 0.113. The Labute approximate surface area is 190 Å². The quantitative estimate of drug-likeness (QED) is 0.589. The average Bonchev–Trinajstić information content (AvgIpc) is 3.27. The zero-order valence-corrected chi connectivity index (χ0v) is 19.4. The van der Waals surface area contributed by atoms with Gasteiger partial charge >= 0.3 is 0 Å². The molecule has 5 nitrogen and oxygen atoms in total. The monoisotopic (exact) mass is 448 g/mol. The summed E-state index contributed by atoms with van der Waals surface area (Å²) in [4.78, 5) is 13.0. The second-order valence-corrected chi connectivity index (χ2v) is 10.4. The molecule has 1 N–H and O–H groups in total. The number of benzene rings is 3. The standard InChI is InChI=1S/C26H28N2O3S/c1-18-7-15-25(16-8-18)32(30,31)28(3)24-13-11-21(12-14-24)26(29)27-19(2)22-10-9-20-5-4-6-23(20)17-22/h7-17,19H,4-6H2,1-3H3,(H,27,29)/t19-/m1/s1. The van der Waals surface area contributed by atoms with Crippen LogP contribution < -0.4 is 9.62 Å². The third kappa shape index (κ3) is 4.41. The SMILES string of the molecule is Cc1ccc(S(=O)(=O)N(C)c2ccc(C(=O)N[C@H](C)c3ccc4c(c3)CCC4)cc2)cc1. The maximum Gasteiger partial charge on any atom is 0.264 e. The van der Waals surface area contributed by atoms with E-state index in [1.807, 2.05) is 13.8 Å². The van der Waals surface area contributed by atoms with E-state index in [2.05, 4.69) is 23.5 Å². The summed E-state index contributed by atoms with van der Waals surface area (Å²) >= 11 is 0. The maximum atomic E-state index is 12.9. The van der Waals surface area contributed by atoms with Crippen molar-refractivity contribution in [1.29, 1.82) is 0 Å². The molecule has 3 aromatic carbocycles. The molecule has 6 heteroatoms. The lowest BCUT2D eigenvalue weighted by atomic mass is 10.0. The Kier molecular flexibility index (Phi) is 6.07. The lowest BCUT2D eigenvalue weighted by Gasteiger charge is -2.20. The molecule has 0 fully saturated rings. The summed E-state index contributed by atoms with van der Waals surface area (Å²) in [6, 6.07) is 19.7. The first-order valence-corrected chi connectivity index (χ1v) is 12.3. The van der Waals surface area contributed by atoms with Crippen molar-refractivity contribution in [3.63, 3.8) is 0 Å². The van der Waals surface area contributed by atoms with Crippen LogP contribution in [0.15, 0.2) is 71.6 Å². The van der Waals surface area contributed by atoms with Gasteiger partial charge < -0.3 is 5.32 Å². The Bertz CT molecular complexity index is 1230. The number of hydrogen-bond donors (Lipinski definition) is 1. The molecule has 1 aliphatic rings. The molecule has 32 heavy (non-hydrogen) atoms. The molecule has 0 aliphatic heterocycles. The van der Waals surface area contributed by atoms with Gasteiger partial charge in [-0.3, -0.25) is 9.10 Å². The van der Waals surface area contributed by atoms with E-state index in [0.717, 1.165) is 24.0 Å². The van der Waals surface area contributed by atoms with Crippen molar-refractivity contribution < 1.29 is 13.2 Å². The normalized spacial score (nSPS) is 14.0. The fourth-order valence-corrected chi connectivity index (χ4v) is 5.25. The summed E-state index contributed by atoms with van der Waals surface area (Å²) < 4.78 is 27.0. The minimum atomic E-state index is -3.67. The number of carbonyl (C=O) groups is 1. The fourth-order valence-electron chi connectivity index (χ4n) is 4.05. The van der Waals surface area contributed by atoms with Gasteiger partial charge in [0.2, 0.25) is 0 Å². The first kappa shape index (κ1) is 22.1. The first-order valence-electron chi connectivity index (χ1n) is 10.8. The van der Waals surface area contributed by atoms with Crippen LogP contribution >= 0.6 is 0 Å². The second kappa shape index (κ2) is 8.79. The van der Waals surface area contributed by atoms with Crippen LogP contribution in [0.25, 0.3) is 0 Å². The lowest BCUT2D eigenvalue weighted by molar-refractivity contribution is 0.0940. The summed E-state index contributed by atoms with van der Waals surface area (Å²) in [5.74, 6) is -0.186. The van der Waals surface area contributed by atoms with Gasteiger partial charge in [0.05, 0.1) is 16.6 Å². The average molecular weight is 449 g/mol. The Hall–Kier alpha value is -3.12. The van der Waals surface area contributed by atoms with Crippen molar-refractivity contribution >= 4 is 21.6 Å². The molecule has 0 spiro atoms. The van der Waals surface area contributed by atoms with Crippen LogP contribution in [0, 0.1) is 6.92 Å². The summed E-state index contributed by atoms with van der Waals surface area (Å²) in [5, 5.41) is 3.04. The van der Waals surface area contributed by atoms with E-state index < -0.39 is 10.0 Å². The molecule has 166 valence electrons. The van der Waals surface area contributed by atoms with Gasteiger partial charge in [0.25, 0.3) is 15.9 Å². The van der Waals surface area contributed by atoms with Gasteiger partial charge in [-0.1, -0.05) is 35.9 Å². The van der Waals surface area contributed by atoms with Crippen molar-refractivity contribution in [2.45, 2.75) is 44.0 Å².